The van der Waals surface area contributed by atoms with Crippen LogP contribution in [-0.2, 0) is 13.1 Å². The van der Waals surface area contributed by atoms with E-state index in [0.29, 0.717) is 29.6 Å². The van der Waals surface area contributed by atoms with Crippen molar-refractivity contribution in [2.45, 2.75) is 26.9 Å². The first-order chi connectivity index (χ1) is 11.0. The van der Waals surface area contributed by atoms with Crippen LogP contribution in [0.3, 0.4) is 0 Å². The number of ether oxygens (including phenoxy) is 2. The molecule has 23 heavy (non-hydrogen) atoms. The molecule has 1 aromatic carbocycles. The summed E-state index contributed by atoms with van der Waals surface area (Å²) in [4.78, 5) is 0. The third-order valence-corrected chi connectivity index (χ3v) is 4.07. The number of aliphatic hydroxyl groups excluding tert-OH is 1. The number of nitrogens with zero attached hydrogens (tertiary/aromatic N) is 2. The topological polar surface area (TPSA) is 68.5 Å². The van der Waals surface area contributed by atoms with E-state index in [2.05, 4.69) is 10.4 Å². The fraction of sp³-hybridized carbons (Fsp3) is 0.438. The van der Waals surface area contributed by atoms with E-state index in [-0.39, 0.29) is 6.61 Å². The van der Waals surface area contributed by atoms with E-state index in [1.54, 1.807) is 20.3 Å². The predicted octanol–water partition coefficient (Wildman–Crippen LogP) is 2.77. The van der Waals surface area contributed by atoms with Crippen molar-refractivity contribution in [3.8, 4) is 11.5 Å². The maximum Gasteiger partial charge on any atom is 0.143 e. The summed E-state index contributed by atoms with van der Waals surface area (Å²) in [5.74, 6) is 1.23. The molecule has 2 aromatic rings. The molecule has 0 aliphatic rings. The number of hydrogen-bond donors (Lipinski definition) is 2. The van der Waals surface area contributed by atoms with Crippen LogP contribution in [0.15, 0.2) is 12.1 Å². The van der Waals surface area contributed by atoms with Gasteiger partial charge in [0.25, 0.3) is 0 Å². The summed E-state index contributed by atoms with van der Waals surface area (Å²) in [5.41, 5.74) is 3.85. The average molecular weight is 340 g/mol. The number of anilines is 1. The number of halogens is 1. The second-order valence-corrected chi connectivity index (χ2v) is 5.54. The number of aromatic nitrogens is 2. The van der Waals surface area contributed by atoms with Crippen LogP contribution in [0.2, 0.25) is 5.02 Å². The zero-order valence-electron chi connectivity index (χ0n) is 13.8. The summed E-state index contributed by atoms with van der Waals surface area (Å²) in [5, 5.41) is 17.4. The van der Waals surface area contributed by atoms with E-state index in [4.69, 9.17) is 26.2 Å². The second kappa shape index (κ2) is 7.57. The highest BCUT2D eigenvalue weighted by Crippen LogP contribution is 2.36. The van der Waals surface area contributed by atoms with Crippen LogP contribution in [0, 0.1) is 13.8 Å². The molecule has 0 radical (unpaired) electrons. The van der Waals surface area contributed by atoms with Crippen molar-refractivity contribution in [3.05, 3.63) is 34.1 Å². The summed E-state index contributed by atoms with van der Waals surface area (Å²) in [7, 11) is 3.17. The fourth-order valence-corrected chi connectivity index (χ4v) is 2.72. The van der Waals surface area contributed by atoms with Gasteiger partial charge in [0.1, 0.15) is 11.5 Å². The Labute approximate surface area is 141 Å². The van der Waals surface area contributed by atoms with Gasteiger partial charge in [-0.2, -0.15) is 5.10 Å². The first-order valence-electron chi connectivity index (χ1n) is 7.31. The van der Waals surface area contributed by atoms with Gasteiger partial charge >= 0.3 is 0 Å². The summed E-state index contributed by atoms with van der Waals surface area (Å²) < 4.78 is 12.4. The highest BCUT2D eigenvalue weighted by molar-refractivity contribution is 6.32. The Morgan fingerprint density at radius 1 is 1.22 bits per heavy atom. The zero-order valence-corrected chi connectivity index (χ0v) is 14.6. The Bertz CT molecular complexity index is 686. The fourth-order valence-electron chi connectivity index (χ4n) is 2.48. The van der Waals surface area contributed by atoms with Gasteiger partial charge < -0.3 is 19.9 Å². The number of nitrogens with one attached hydrogen (secondary N) is 1. The van der Waals surface area contributed by atoms with Crippen molar-refractivity contribution in [2.24, 2.45) is 0 Å². The van der Waals surface area contributed by atoms with Crippen molar-refractivity contribution < 1.29 is 14.6 Å². The van der Waals surface area contributed by atoms with E-state index in [0.717, 1.165) is 22.6 Å². The molecule has 6 nitrogen and oxygen atoms in total. The molecule has 0 aliphatic carbocycles. The van der Waals surface area contributed by atoms with Crippen LogP contribution >= 0.6 is 11.6 Å². The lowest BCUT2D eigenvalue weighted by Crippen LogP contribution is -2.07. The number of methoxy groups -OCH3 is 2. The molecule has 0 unspecified atom stereocenters. The predicted molar refractivity (Wildman–Crippen MR) is 90.7 cm³/mol. The van der Waals surface area contributed by atoms with E-state index in [1.165, 1.54) is 0 Å². The van der Waals surface area contributed by atoms with Crippen LogP contribution in [0.5, 0.6) is 11.5 Å². The van der Waals surface area contributed by atoms with Crippen molar-refractivity contribution in [3.63, 3.8) is 0 Å². The molecule has 0 aliphatic heterocycles. The minimum absolute atomic E-state index is 0.0665. The average Bonchev–Trinajstić information content (AvgIpc) is 2.80. The lowest BCUT2D eigenvalue weighted by molar-refractivity contribution is 0.268. The third-order valence-electron chi connectivity index (χ3n) is 3.77. The first-order valence-corrected chi connectivity index (χ1v) is 7.68. The Kier molecular flexibility index (Phi) is 5.74. The quantitative estimate of drug-likeness (QED) is 0.811. The van der Waals surface area contributed by atoms with Crippen LogP contribution in [0.4, 0.5) is 5.69 Å². The summed E-state index contributed by atoms with van der Waals surface area (Å²) in [6.45, 7) is 5.09. The molecule has 2 N–H and O–H groups in total. The van der Waals surface area contributed by atoms with Crippen molar-refractivity contribution in [2.75, 3.05) is 26.1 Å². The molecule has 0 bridgehead atoms. The molecule has 0 saturated carbocycles. The standard InChI is InChI=1S/C16H22ClN3O3/c1-10-12(11(2)20(19-10)5-6-21)9-18-14-8-15(22-3)13(17)7-16(14)23-4/h7-8,18,21H,5-6,9H2,1-4H3. The van der Waals surface area contributed by atoms with Crippen molar-refractivity contribution in [1.29, 1.82) is 0 Å². The van der Waals surface area contributed by atoms with Gasteiger partial charge in [-0.3, -0.25) is 4.68 Å². The van der Waals surface area contributed by atoms with Gasteiger partial charge in [-0.25, -0.2) is 0 Å². The minimum Gasteiger partial charge on any atom is -0.495 e. The van der Waals surface area contributed by atoms with E-state index in [1.807, 2.05) is 24.6 Å². The normalized spacial score (nSPS) is 10.7. The molecule has 0 fully saturated rings. The van der Waals surface area contributed by atoms with Gasteiger partial charge in [-0.05, 0) is 13.8 Å². The van der Waals surface area contributed by atoms with Gasteiger partial charge in [0.05, 0.1) is 43.8 Å². The molecule has 0 spiro atoms. The maximum absolute atomic E-state index is 9.08. The van der Waals surface area contributed by atoms with E-state index < -0.39 is 0 Å². The van der Waals surface area contributed by atoms with Crippen molar-refractivity contribution >= 4 is 17.3 Å². The van der Waals surface area contributed by atoms with E-state index in [9.17, 15) is 0 Å². The third kappa shape index (κ3) is 3.71. The maximum atomic E-state index is 9.08. The number of benzene rings is 1. The molecule has 0 saturated heterocycles. The Balaban J connectivity index is 2.24. The molecule has 126 valence electrons. The summed E-state index contributed by atoms with van der Waals surface area (Å²) in [6.07, 6.45) is 0. The number of rotatable bonds is 7. The Hall–Kier alpha value is -1.92. The molecule has 7 heteroatoms. The number of aliphatic hydroxyl groups is 1. The van der Waals surface area contributed by atoms with Crippen LogP contribution in [-0.4, -0.2) is 35.7 Å². The number of aryl methyl sites for hydroxylation is 1. The van der Waals surface area contributed by atoms with Gasteiger partial charge in [0.2, 0.25) is 0 Å². The Morgan fingerprint density at radius 3 is 2.52 bits per heavy atom. The lowest BCUT2D eigenvalue weighted by Gasteiger charge is -2.14. The highest BCUT2D eigenvalue weighted by Gasteiger charge is 2.14. The summed E-state index contributed by atoms with van der Waals surface area (Å²) >= 11 is 6.12. The molecule has 0 atom stereocenters. The van der Waals surface area contributed by atoms with Gasteiger partial charge in [-0.1, -0.05) is 11.6 Å². The monoisotopic (exact) mass is 339 g/mol. The van der Waals surface area contributed by atoms with Crippen LogP contribution in [0.1, 0.15) is 17.0 Å². The lowest BCUT2D eigenvalue weighted by atomic mass is 10.2. The van der Waals surface area contributed by atoms with Gasteiger partial charge in [0, 0.05) is 29.9 Å². The minimum atomic E-state index is 0.0665. The molecular weight excluding hydrogens is 318 g/mol. The van der Waals surface area contributed by atoms with Crippen LogP contribution < -0.4 is 14.8 Å². The molecule has 1 aromatic heterocycles. The Morgan fingerprint density at radius 2 is 1.91 bits per heavy atom. The molecule has 0 amide bonds. The molecule has 1 heterocycles. The summed E-state index contributed by atoms with van der Waals surface area (Å²) in [6, 6.07) is 3.53. The van der Waals surface area contributed by atoms with Crippen molar-refractivity contribution in [1.82, 2.24) is 9.78 Å². The number of hydrogen-bond acceptors (Lipinski definition) is 5. The highest BCUT2D eigenvalue weighted by atomic mass is 35.5. The second-order valence-electron chi connectivity index (χ2n) is 5.14. The van der Waals surface area contributed by atoms with Crippen LogP contribution in [0.25, 0.3) is 0 Å². The SMILES string of the molecule is COc1cc(NCc2c(C)nn(CCO)c2C)c(OC)cc1Cl. The largest absolute Gasteiger partial charge is 0.495 e. The molecular formula is C16H22ClN3O3. The van der Waals surface area contributed by atoms with E-state index >= 15 is 0 Å². The van der Waals surface area contributed by atoms with Gasteiger partial charge in [0.15, 0.2) is 0 Å². The zero-order chi connectivity index (χ0) is 17.0. The smallest absolute Gasteiger partial charge is 0.143 e. The molecule has 2 rings (SSSR count). The first kappa shape index (κ1) is 17.4. The van der Waals surface area contributed by atoms with Gasteiger partial charge in [-0.15, -0.1) is 0 Å².